The van der Waals surface area contributed by atoms with Crippen LogP contribution in [-0.4, -0.2) is 45.1 Å². The van der Waals surface area contributed by atoms with E-state index in [0.29, 0.717) is 23.5 Å². The third-order valence-corrected chi connectivity index (χ3v) is 5.37. The topological polar surface area (TPSA) is 122 Å². The molecular weight excluding hydrogens is 460 g/mol. The second-order valence-electron chi connectivity index (χ2n) is 7.66. The third-order valence-electron chi connectivity index (χ3n) is 5.37. The maximum Gasteiger partial charge on any atom is 0.265 e. The first-order valence-corrected chi connectivity index (χ1v) is 10.5. The van der Waals surface area contributed by atoms with Crippen LogP contribution < -0.4 is 4.74 Å². The number of hydrogen-bond acceptors (Lipinski definition) is 9. The average molecular weight is 479 g/mol. The highest BCUT2D eigenvalue weighted by Crippen LogP contribution is 2.26. The van der Waals surface area contributed by atoms with Gasteiger partial charge in [-0.3, -0.25) is 4.68 Å². The molecule has 11 nitrogen and oxygen atoms in total. The standard InChI is InChI=1S/C22H19F2N9O2/c1-32-17(12-34-19-8-7-15(10-25-19)20(23)24)16(11-26-32)22-27-21(29-35-22)14-5-3-13(4-6-14)9-18-28-30-31-33(18)2/h3-8,10-11,20H,9,12H2,1-2H3. The number of halogens is 2. The van der Waals surface area contributed by atoms with Gasteiger partial charge in [-0.25, -0.2) is 18.4 Å². The minimum atomic E-state index is -2.58. The summed E-state index contributed by atoms with van der Waals surface area (Å²) in [5.74, 6) is 1.67. The number of aryl methyl sites for hydroxylation is 2. The highest BCUT2D eigenvalue weighted by molar-refractivity contribution is 5.61. The van der Waals surface area contributed by atoms with Crippen molar-refractivity contribution in [3.05, 3.63) is 71.4 Å². The molecule has 178 valence electrons. The largest absolute Gasteiger partial charge is 0.471 e. The second-order valence-corrected chi connectivity index (χ2v) is 7.66. The Labute approximate surface area is 197 Å². The molecule has 0 saturated carbocycles. The van der Waals surface area contributed by atoms with E-state index in [1.165, 1.54) is 12.1 Å². The molecule has 0 aliphatic carbocycles. The molecule has 0 fully saturated rings. The van der Waals surface area contributed by atoms with E-state index in [1.807, 2.05) is 24.3 Å². The lowest BCUT2D eigenvalue weighted by Crippen LogP contribution is -2.05. The summed E-state index contributed by atoms with van der Waals surface area (Å²) in [6.07, 6.45) is 0.698. The van der Waals surface area contributed by atoms with E-state index in [1.54, 1.807) is 29.7 Å². The van der Waals surface area contributed by atoms with Crippen molar-refractivity contribution in [2.24, 2.45) is 14.1 Å². The fourth-order valence-electron chi connectivity index (χ4n) is 3.36. The van der Waals surface area contributed by atoms with Crippen LogP contribution in [0.5, 0.6) is 5.88 Å². The van der Waals surface area contributed by atoms with Crippen LogP contribution in [0.15, 0.2) is 53.3 Å². The first-order valence-electron chi connectivity index (χ1n) is 10.5. The summed E-state index contributed by atoms with van der Waals surface area (Å²) in [6, 6.07) is 10.4. The molecule has 0 atom stereocenters. The average Bonchev–Trinajstić information content (AvgIpc) is 3.59. The van der Waals surface area contributed by atoms with Crippen molar-refractivity contribution in [2.75, 3.05) is 0 Å². The van der Waals surface area contributed by atoms with Crippen LogP contribution in [0.4, 0.5) is 8.78 Å². The smallest absolute Gasteiger partial charge is 0.265 e. The molecule has 0 aliphatic rings. The number of pyridine rings is 1. The minimum Gasteiger partial charge on any atom is -0.471 e. The lowest BCUT2D eigenvalue weighted by atomic mass is 10.1. The summed E-state index contributed by atoms with van der Waals surface area (Å²) < 4.78 is 39.8. The fraction of sp³-hybridized carbons (Fsp3) is 0.227. The van der Waals surface area contributed by atoms with Crippen molar-refractivity contribution in [3.8, 4) is 28.7 Å². The minimum absolute atomic E-state index is 0.0795. The summed E-state index contributed by atoms with van der Waals surface area (Å²) in [5, 5.41) is 19.8. The Morgan fingerprint density at radius 2 is 1.86 bits per heavy atom. The normalized spacial score (nSPS) is 11.3. The maximum absolute atomic E-state index is 12.7. The number of rotatable bonds is 8. The van der Waals surface area contributed by atoms with Gasteiger partial charge in [0, 0.05) is 43.9 Å². The van der Waals surface area contributed by atoms with Gasteiger partial charge in [-0.2, -0.15) is 10.1 Å². The Balaban J connectivity index is 1.30. The monoisotopic (exact) mass is 479 g/mol. The molecule has 0 bridgehead atoms. The zero-order chi connectivity index (χ0) is 24.4. The van der Waals surface area contributed by atoms with Gasteiger partial charge in [0.25, 0.3) is 12.3 Å². The van der Waals surface area contributed by atoms with Crippen LogP contribution in [0.3, 0.4) is 0 Å². The van der Waals surface area contributed by atoms with E-state index in [2.05, 4.69) is 35.7 Å². The highest BCUT2D eigenvalue weighted by atomic mass is 19.3. The van der Waals surface area contributed by atoms with Crippen LogP contribution in [0.1, 0.15) is 29.1 Å². The number of benzene rings is 1. The van der Waals surface area contributed by atoms with Crippen LogP contribution in [0.2, 0.25) is 0 Å². The molecule has 0 aliphatic heterocycles. The van der Waals surface area contributed by atoms with E-state index in [9.17, 15) is 8.78 Å². The third kappa shape index (κ3) is 4.74. The van der Waals surface area contributed by atoms with E-state index < -0.39 is 6.43 Å². The zero-order valence-electron chi connectivity index (χ0n) is 18.7. The van der Waals surface area contributed by atoms with Gasteiger partial charge in [0.2, 0.25) is 11.7 Å². The van der Waals surface area contributed by atoms with Gasteiger partial charge in [-0.1, -0.05) is 29.4 Å². The van der Waals surface area contributed by atoms with Crippen LogP contribution in [0, 0.1) is 0 Å². The van der Waals surface area contributed by atoms with Crippen LogP contribution in [-0.2, 0) is 27.1 Å². The van der Waals surface area contributed by atoms with Gasteiger partial charge < -0.3 is 9.26 Å². The summed E-state index contributed by atoms with van der Waals surface area (Å²) in [5.41, 5.74) is 2.91. The summed E-state index contributed by atoms with van der Waals surface area (Å²) in [4.78, 5) is 8.42. The van der Waals surface area contributed by atoms with Crippen molar-refractivity contribution >= 4 is 0 Å². The van der Waals surface area contributed by atoms with Crippen molar-refractivity contribution in [1.82, 2.24) is 45.1 Å². The van der Waals surface area contributed by atoms with Crippen molar-refractivity contribution < 1.29 is 18.0 Å². The Kier molecular flexibility index (Phi) is 5.95. The quantitative estimate of drug-likeness (QED) is 0.330. The Bertz CT molecular complexity index is 1430. The van der Waals surface area contributed by atoms with Crippen molar-refractivity contribution in [1.29, 1.82) is 0 Å². The Morgan fingerprint density at radius 3 is 2.54 bits per heavy atom. The maximum atomic E-state index is 12.7. The van der Waals surface area contributed by atoms with Gasteiger partial charge in [-0.05, 0) is 22.1 Å². The first kappa shape index (κ1) is 22.3. The van der Waals surface area contributed by atoms with Crippen molar-refractivity contribution in [3.63, 3.8) is 0 Å². The molecular formula is C22H19F2N9O2. The van der Waals surface area contributed by atoms with Crippen molar-refractivity contribution in [2.45, 2.75) is 19.5 Å². The number of tetrazole rings is 1. The highest BCUT2D eigenvalue weighted by Gasteiger charge is 2.19. The molecule has 0 saturated heterocycles. The molecule has 13 heteroatoms. The molecule has 5 aromatic rings. The number of aromatic nitrogens is 9. The first-order chi connectivity index (χ1) is 17.0. The van der Waals surface area contributed by atoms with E-state index >= 15 is 0 Å². The number of hydrogen-bond donors (Lipinski definition) is 0. The lowest BCUT2D eigenvalue weighted by molar-refractivity contribution is 0.150. The molecule has 0 N–H and O–H groups in total. The Morgan fingerprint density at radius 1 is 1.03 bits per heavy atom. The zero-order valence-corrected chi connectivity index (χ0v) is 18.7. The summed E-state index contributed by atoms with van der Waals surface area (Å²) >= 11 is 0. The second kappa shape index (κ2) is 9.37. The van der Waals surface area contributed by atoms with Gasteiger partial charge >= 0.3 is 0 Å². The predicted octanol–water partition coefficient (Wildman–Crippen LogP) is 3.16. The fourth-order valence-corrected chi connectivity index (χ4v) is 3.36. The van der Waals surface area contributed by atoms with Gasteiger partial charge in [0.15, 0.2) is 5.82 Å². The molecule has 0 spiro atoms. The SMILES string of the molecule is Cn1nnnc1Cc1ccc(-c2noc(-c3cnn(C)c3COc3ccc(C(F)F)cn3)n2)cc1. The molecule has 1 aromatic carbocycles. The number of ether oxygens (including phenoxy) is 1. The van der Waals surface area contributed by atoms with Crippen LogP contribution in [0.25, 0.3) is 22.8 Å². The number of alkyl halides is 2. The molecule has 35 heavy (non-hydrogen) atoms. The van der Waals surface area contributed by atoms with E-state index in [4.69, 9.17) is 9.26 Å². The van der Waals surface area contributed by atoms with E-state index in [-0.39, 0.29) is 23.9 Å². The molecule has 0 unspecified atom stereocenters. The molecule has 0 radical (unpaired) electrons. The van der Waals surface area contributed by atoms with Gasteiger partial charge in [0.05, 0.1) is 17.5 Å². The molecule has 5 rings (SSSR count). The predicted molar refractivity (Wildman–Crippen MR) is 117 cm³/mol. The van der Waals surface area contributed by atoms with E-state index in [0.717, 1.165) is 23.1 Å². The molecule has 4 aromatic heterocycles. The lowest BCUT2D eigenvalue weighted by Gasteiger charge is -2.07. The number of nitrogens with zero attached hydrogens (tertiary/aromatic N) is 9. The van der Waals surface area contributed by atoms with Crippen LogP contribution >= 0.6 is 0 Å². The summed E-state index contributed by atoms with van der Waals surface area (Å²) in [7, 11) is 3.54. The van der Waals surface area contributed by atoms with Gasteiger partial charge in [0.1, 0.15) is 6.61 Å². The van der Waals surface area contributed by atoms with Gasteiger partial charge in [-0.15, -0.1) is 5.10 Å². The Hall–Kier alpha value is -4.55. The molecule has 4 heterocycles. The molecule has 0 amide bonds. The summed E-state index contributed by atoms with van der Waals surface area (Å²) in [6.45, 7) is 0.0795.